The van der Waals surface area contributed by atoms with Crippen molar-refractivity contribution >= 4 is 6.16 Å². The Labute approximate surface area is 66.1 Å². The van der Waals surface area contributed by atoms with Crippen molar-refractivity contribution in [1.82, 2.24) is 0 Å². The first-order valence-electron chi connectivity index (χ1n) is 3.59. The summed E-state index contributed by atoms with van der Waals surface area (Å²) in [7, 11) is 1.55. The van der Waals surface area contributed by atoms with Crippen molar-refractivity contribution in [1.29, 1.82) is 0 Å². The third-order valence-corrected chi connectivity index (χ3v) is 1.34. The van der Waals surface area contributed by atoms with Crippen LogP contribution in [0.4, 0.5) is 4.79 Å². The highest BCUT2D eigenvalue weighted by molar-refractivity contribution is 5.56. The topological polar surface area (TPSA) is 55.8 Å². The summed E-state index contributed by atoms with van der Waals surface area (Å²) in [6.45, 7) is 2.13. The number of ether oxygens (including phenoxy) is 2. The Morgan fingerprint density at radius 3 is 2.64 bits per heavy atom. The molecule has 0 saturated carbocycles. The molecule has 1 atom stereocenters. The maximum Gasteiger partial charge on any atom is 0.505 e. The highest BCUT2D eigenvalue weighted by atomic mass is 16.7. The number of hydrogen-bond acceptors (Lipinski definition) is 3. The minimum absolute atomic E-state index is 0.101. The second-order valence-electron chi connectivity index (χ2n) is 2.22. The van der Waals surface area contributed by atoms with Crippen molar-refractivity contribution in [3.63, 3.8) is 0 Å². The quantitative estimate of drug-likeness (QED) is 0.622. The Balaban J connectivity index is 3.43. The van der Waals surface area contributed by atoms with E-state index in [4.69, 9.17) is 9.84 Å². The minimum atomic E-state index is -1.25. The van der Waals surface area contributed by atoms with Crippen LogP contribution in [0.15, 0.2) is 0 Å². The van der Waals surface area contributed by atoms with E-state index in [1.165, 1.54) is 0 Å². The number of carboxylic acid groups (broad SMARTS) is 1. The molecule has 11 heavy (non-hydrogen) atoms. The van der Waals surface area contributed by atoms with E-state index in [9.17, 15) is 4.79 Å². The van der Waals surface area contributed by atoms with Crippen LogP contribution in [-0.2, 0) is 9.47 Å². The molecule has 4 heteroatoms. The van der Waals surface area contributed by atoms with E-state index in [0.29, 0.717) is 0 Å². The lowest BCUT2D eigenvalue weighted by Crippen LogP contribution is -2.19. The molecule has 0 rings (SSSR count). The molecule has 4 nitrogen and oxygen atoms in total. The van der Waals surface area contributed by atoms with Gasteiger partial charge in [0, 0.05) is 7.11 Å². The number of hydrogen-bond donors (Lipinski definition) is 1. The lowest BCUT2D eigenvalue weighted by atomic mass is 10.2. The van der Waals surface area contributed by atoms with Gasteiger partial charge >= 0.3 is 6.16 Å². The summed E-state index contributed by atoms with van der Waals surface area (Å²) in [6.07, 6.45) is 0.435. The Morgan fingerprint density at radius 2 is 2.27 bits per heavy atom. The standard InChI is InChI=1S/C7H14O4/c1-3-4-6(10-2)5-11-7(8)9/h6H,3-5H2,1-2H3,(H,8,9). The fourth-order valence-electron chi connectivity index (χ4n) is 0.755. The lowest BCUT2D eigenvalue weighted by molar-refractivity contribution is 0.0126. The summed E-state index contributed by atoms with van der Waals surface area (Å²) in [6, 6.07) is 0. The molecule has 0 bridgehead atoms. The van der Waals surface area contributed by atoms with E-state index in [1.54, 1.807) is 7.11 Å². The van der Waals surface area contributed by atoms with Crippen LogP contribution in [0.5, 0.6) is 0 Å². The highest BCUT2D eigenvalue weighted by Gasteiger charge is 2.08. The number of rotatable bonds is 5. The van der Waals surface area contributed by atoms with Crippen molar-refractivity contribution < 1.29 is 19.4 Å². The van der Waals surface area contributed by atoms with Gasteiger partial charge in [-0.25, -0.2) is 4.79 Å². The van der Waals surface area contributed by atoms with Crippen LogP contribution in [0.2, 0.25) is 0 Å². The van der Waals surface area contributed by atoms with Gasteiger partial charge in [-0.1, -0.05) is 13.3 Å². The van der Waals surface area contributed by atoms with Crippen LogP contribution in [0, 0.1) is 0 Å². The Bertz CT molecular complexity index is 113. The van der Waals surface area contributed by atoms with E-state index in [2.05, 4.69) is 4.74 Å². The van der Waals surface area contributed by atoms with Crippen molar-refractivity contribution in [2.24, 2.45) is 0 Å². The fourth-order valence-corrected chi connectivity index (χ4v) is 0.755. The molecule has 0 aromatic rings. The van der Waals surface area contributed by atoms with E-state index in [0.717, 1.165) is 12.8 Å². The Kier molecular flexibility index (Phi) is 5.56. The molecular weight excluding hydrogens is 148 g/mol. The first-order chi connectivity index (χ1) is 5.20. The predicted molar refractivity (Wildman–Crippen MR) is 39.7 cm³/mol. The third-order valence-electron chi connectivity index (χ3n) is 1.34. The molecule has 0 heterocycles. The fraction of sp³-hybridized carbons (Fsp3) is 0.857. The van der Waals surface area contributed by atoms with Gasteiger partial charge in [0.1, 0.15) is 6.61 Å². The molecule has 0 aliphatic carbocycles. The smallest absolute Gasteiger partial charge is 0.450 e. The summed E-state index contributed by atoms with van der Waals surface area (Å²) >= 11 is 0. The molecule has 0 spiro atoms. The van der Waals surface area contributed by atoms with Crippen LogP contribution in [0.1, 0.15) is 19.8 Å². The normalized spacial score (nSPS) is 12.5. The zero-order valence-corrected chi connectivity index (χ0v) is 6.87. The van der Waals surface area contributed by atoms with Gasteiger partial charge in [0.25, 0.3) is 0 Å². The molecule has 0 aliphatic heterocycles. The van der Waals surface area contributed by atoms with Gasteiger partial charge in [-0.2, -0.15) is 0 Å². The van der Waals surface area contributed by atoms with Crippen LogP contribution < -0.4 is 0 Å². The zero-order valence-electron chi connectivity index (χ0n) is 6.87. The van der Waals surface area contributed by atoms with E-state index >= 15 is 0 Å². The predicted octanol–water partition coefficient (Wildman–Crippen LogP) is 1.50. The maximum atomic E-state index is 9.95. The summed E-state index contributed by atoms with van der Waals surface area (Å²) in [5, 5.41) is 8.15. The molecule has 0 aliphatic rings. The van der Waals surface area contributed by atoms with E-state index in [1.807, 2.05) is 6.92 Å². The molecule has 0 amide bonds. The van der Waals surface area contributed by atoms with Crippen LogP contribution in [-0.4, -0.2) is 31.1 Å². The molecule has 1 N–H and O–H groups in total. The maximum absolute atomic E-state index is 9.95. The van der Waals surface area contributed by atoms with E-state index < -0.39 is 6.16 Å². The van der Waals surface area contributed by atoms with Gasteiger partial charge in [-0.05, 0) is 6.42 Å². The number of methoxy groups -OCH3 is 1. The molecule has 0 saturated heterocycles. The number of carbonyl (C=O) groups is 1. The minimum Gasteiger partial charge on any atom is -0.450 e. The molecule has 0 radical (unpaired) electrons. The second kappa shape index (κ2) is 5.97. The third kappa shape index (κ3) is 5.66. The van der Waals surface area contributed by atoms with Gasteiger partial charge in [0.05, 0.1) is 6.10 Å². The van der Waals surface area contributed by atoms with E-state index in [-0.39, 0.29) is 12.7 Å². The zero-order chi connectivity index (χ0) is 8.69. The van der Waals surface area contributed by atoms with Crippen molar-refractivity contribution in [2.45, 2.75) is 25.9 Å². The van der Waals surface area contributed by atoms with Gasteiger partial charge < -0.3 is 14.6 Å². The summed E-state index contributed by atoms with van der Waals surface area (Å²) in [4.78, 5) is 9.95. The largest absolute Gasteiger partial charge is 0.505 e. The first-order valence-corrected chi connectivity index (χ1v) is 3.59. The monoisotopic (exact) mass is 162 g/mol. The van der Waals surface area contributed by atoms with Gasteiger partial charge in [-0.15, -0.1) is 0 Å². The summed E-state index contributed by atoms with van der Waals surface area (Å²) in [5.41, 5.74) is 0. The van der Waals surface area contributed by atoms with Crippen molar-refractivity contribution in [3.8, 4) is 0 Å². The van der Waals surface area contributed by atoms with Crippen molar-refractivity contribution in [3.05, 3.63) is 0 Å². The molecule has 0 aromatic carbocycles. The van der Waals surface area contributed by atoms with Crippen molar-refractivity contribution in [2.75, 3.05) is 13.7 Å². The second-order valence-corrected chi connectivity index (χ2v) is 2.22. The molecular formula is C7H14O4. The average Bonchev–Trinajstić information content (AvgIpc) is 1.97. The summed E-state index contributed by atoms with van der Waals surface area (Å²) in [5.74, 6) is 0. The van der Waals surface area contributed by atoms with Crippen LogP contribution in [0.3, 0.4) is 0 Å². The van der Waals surface area contributed by atoms with Gasteiger partial charge in [0.2, 0.25) is 0 Å². The Hall–Kier alpha value is -0.770. The van der Waals surface area contributed by atoms with Gasteiger partial charge in [-0.3, -0.25) is 0 Å². The van der Waals surface area contributed by atoms with Crippen LogP contribution in [0.25, 0.3) is 0 Å². The van der Waals surface area contributed by atoms with Gasteiger partial charge in [0.15, 0.2) is 0 Å². The molecule has 1 unspecified atom stereocenters. The summed E-state index contributed by atoms with van der Waals surface area (Å²) < 4.78 is 9.29. The lowest BCUT2D eigenvalue weighted by Gasteiger charge is -2.12. The molecule has 0 aromatic heterocycles. The average molecular weight is 162 g/mol. The first kappa shape index (κ1) is 10.2. The highest BCUT2D eigenvalue weighted by Crippen LogP contribution is 2.00. The SMILES string of the molecule is CCCC(COC(=O)O)OC. The van der Waals surface area contributed by atoms with Crippen LogP contribution >= 0.6 is 0 Å². The molecule has 0 fully saturated rings. The molecule has 66 valence electrons. The Morgan fingerprint density at radius 1 is 1.64 bits per heavy atom.